The number of thiophene rings is 1. The summed E-state index contributed by atoms with van der Waals surface area (Å²) in [6.07, 6.45) is 0. The molecule has 1 heterocycles. The van der Waals surface area contributed by atoms with Crippen molar-refractivity contribution < 1.29 is 8.42 Å². The predicted molar refractivity (Wildman–Crippen MR) is 87.5 cm³/mol. The van der Waals surface area contributed by atoms with Crippen molar-refractivity contribution in [3.05, 3.63) is 4.88 Å². The van der Waals surface area contributed by atoms with Crippen molar-refractivity contribution in [1.29, 1.82) is 5.26 Å². The van der Waals surface area contributed by atoms with E-state index in [4.69, 9.17) is 11.0 Å². The quantitative estimate of drug-likeness (QED) is 0.753. The lowest BCUT2D eigenvalue weighted by atomic mass is 10.4. The highest BCUT2D eigenvalue weighted by Gasteiger charge is 2.25. The molecule has 8 heteroatoms. The van der Waals surface area contributed by atoms with Crippen molar-refractivity contribution in [2.45, 2.75) is 25.7 Å². The first-order valence-electron chi connectivity index (χ1n) is 6.92. The number of anilines is 2. The summed E-state index contributed by atoms with van der Waals surface area (Å²) >= 11 is 1.10. The van der Waals surface area contributed by atoms with Crippen LogP contribution in [0.2, 0.25) is 0 Å². The molecule has 6 nitrogen and oxygen atoms in total. The third kappa shape index (κ3) is 4.09. The van der Waals surface area contributed by atoms with Crippen LogP contribution >= 0.6 is 11.3 Å². The Kier molecular flexibility index (Phi) is 6.45. The maximum atomic E-state index is 12.1. The highest BCUT2D eigenvalue weighted by molar-refractivity contribution is 7.91. The van der Waals surface area contributed by atoms with Gasteiger partial charge in [0.05, 0.1) is 11.4 Å². The Hall–Kier alpha value is -1.30. The molecule has 0 saturated heterocycles. The molecule has 0 aliphatic carbocycles. The van der Waals surface area contributed by atoms with Crippen molar-refractivity contribution in [1.82, 2.24) is 4.90 Å². The number of rotatable bonds is 8. The Balaban J connectivity index is 3.00. The molecule has 118 valence electrons. The van der Waals surface area contributed by atoms with E-state index >= 15 is 0 Å². The highest BCUT2D eigenvalue weighted by atomic mass is 32.2. The van der Waals surface area contributed by atoms with E-state index in [1.807, 2.05) is 6.07 Å². The van der Waals surface area contributed by atoms with E-state index < -0.39 is 9.84 Å². The van der Waals surface area contributed by atoms with Crippen molar-refractivity contribution >= 4 is 31.9 Å². The molecule has 0 radical (unpaired) electrons. The Morgan fingerprint density at radius 1 is 1.33 bits per heavy atom. The van der Waals surface area contributed by atoms with Crippen LogP contribution in [-0.4, -0.2) is 45.2 Å². The zero-order valence-electron chi connectivity index (χ0n) is 12.6. The van der Waals surface area contributed by atoms with Gasteiger partial charge in [0, 0.05) is 13.1 Å². The monoisotopic (exact) mass is 330 g/mol. The molecule has 0 spiro atoms. The van der Waals surface area contributed by atoms with Crippen molar-refractivity contribution in [3.8, 4) is 6.07 Å². The minimum absolute atomic E-state index is 0.0382. The summed E-state index contributed by atoms with van der Waals surface area (Å²) in [5.74, 6) is -0.0382. The summed E-state index contributed by atoms with van der Waals surface area (Å²) in [5.41, 5.74) is 5.88. The van der Waals surface area contributed by atoms with Crippen molar-refractivity contribution in [3.63, 3.8) is 0 Å². The van der Waals surface area contributed by atoms with E-state index in [0.717, 1.165) is 31.0 Å². The first-order chi connectivity index (χ1) is 9.91. The van der Waals surface area contributed by atoms with E-state index in [9.17, 15) is 8.42 Å². The Morgan fingerprint density at radius 2 is 1.95 bits per heavy atom. The molecule has 0 fully saturated rings. The van der Waals surface area contributed by atoms with E-state index in [1.54, 1.807) is 6.92 Å². The molecule has 1 aromatic rings. The summed E-state index contributed by atoms with van der Waals surface area (Å²) in [7, 11) is -3.45. The third-order valence-electron chi connectivity index (χ3n) is 3.30. The molecular weight excluding hydrogens is 308 g/mol. The molecule has 0 bridgehead atoms. The average Bonchev–Trinajstić information content (AvgIpc) is 2.80. The largest absolute Gasteiger partial charge is 0.396 e. The zero-order chi connectivity index (χ0) is 16.0. The van der Waals surface area contributed by atoms with Gasteiger partial charge in [-0.05, 0) is 13.1 Å². The Labute approximate surface area is 130 Å². The summed E-state index contributed by atoms with van der Waals surface area (Å²) in [6.45, 7) is 9.01. The minimum atomic E-state index is -3.45. The zero-order valence-corrected chi connectivity index (χ0v) is 14.3. The van der Waals surface area contributed by atoms with E-state index in [2.05, 4.69) is 24.1 Å². The molecule has 0 saturated carbocycles. The van der Waals surface area contributed by atoms with Gasteiger partial charge in [-0.2, -0.15) is 5.26 Å². The number of hydrogen-bond acceptors (Lipinski definition) is 7. The highest BCUT2D eigenvalue weighted by Crippen LogP contribution is 2.39. The second-order valence-corrected chi connectivity index (χ2v) is 7.71. The van der Waals surface area contributed by atoms with E-state index in [1.165, 1.54) is 0 Å². The summed E-state index contributed by atoms with van der Waals surface area (Å²) < 4.78 is 24.3. The molecule has 0 amide bonds. The van der Waals surface area contributed by atoms with Crippen LogP contribution in [0.25, 0.3) is 0 Å². The molecule has 1 aromatic heterocycles. The van der Waals surface area contributed by atoms with Crippen LogP contribution in [0.4, 0.5) is 10.7 Å². The number of likely N-dealkylation sites (N-methyl/N-ethyl adjacent to an activating group) is 1. The van der Waals surface area contributed by atoms with Gasteiger partial charge in [-0.1, -0.05) is 20.8 Å². The number of nitriles is 1. The molecule has 0 aliphatic rings. The number of nitrogens with zero attached hydrogens (tertiary/aromatic N) is 2. The fraction of sp³-hybridized carbons (Fsp3) is 0.615. The summed E-state index contributed by atoms with van der Waals surface area (Å²) in [4.78, 5) is 2.54. The molecule has 3 N–H and O–H groups in total. The topological polar surface area (TPSA) is 99.2 Å². The van der Waals surface area contributed by atoms with Gasteiger partial charge in [0.1, 0.15) is 20.8 Å². The molecule has 1 rings (SSSR count). The van der Waals surface area contributed by atoms with Gasteiger partial charge >= 0.3 is 0 Å². The van der Waals surface area contributed by atoms with Crippen molar-refractivity contribution in [2.24, 2.45) is 0 Å². The fourth-order valence-electron chi connectivity index (χ4n) is 1.95. The molecule has 0 unspecified atom stereocenters. The number of nitrogens with two attached hydrogens (primary N) is 1. The van der Waals surface area contributed by atoms with E-state index in [-0.39, 0.29) is 21.2 Å². The van der Waals surface area contributed by atoms with Gasteiger partial charge in [-0.25, -0.2) is 8.42 Å². The Morgan fingerprint density at radius 3 is 2.43 bits per heavy atom. The Bertz CT molecular complexity index is 613. The number of nitrogens with one attached hydrogen (secondary N) is 1. The lowest BCUT2D eigenvalue weighted by Crippen LogP contribution is -2.28. The van der Waals surface area contributed by atoms with Crippen LogP contribution in [0.3, 0.4) is 0 Å². The molecule has 0 aromatic carbocycles. The van der Waals surface area contributed by atoms with Crippen LogP contribution in [0.5, 0.6) is 0 Å². The number of nitrogen functional groups attached to an aromatic ring is 1. The molecule has 0 aliphatic heterocycles. The van der Waals surface area contributed by atoms with Gasteiger partial charge in [0.15, 0.2) is 9.84 Å². The number of sulfone groups is 1. The lowest BCUT2D eigenvalue weighted by molar-refractivity contribution is 0.316. The van der Waals surface area contributed by atoms with Gasteiger partial charge in [-0.15, -0.1) is 11.3 Å². The molecule has 0 atom stereocenters. The van der Waals surface area contributed by atoms with Crippen LogP contribution in [0.1, 0.15) is 25.6 Å². The van der Waals surface area contributed by atoms with Gasteiger partial charge in [0.2, 0.25) is 0 Å². The van der Waals surface area contributed by atoms with Gasteiger partial charge < -0.3 is 16.0 Å². The second kappa shape index (κ2) is 7.64. The molecular formula is C13H22N4O2S2. The average molecular weight is 330 g/mol. The normalized spacial score (nSPS) is 11.6. The summed E-state index contributed by atoms with van der Waals surface area (Å²) in [5, 5.41) is 12.6. The number of hydrogen-bond donors (Lipinski definition) is 2. The van der Waals surface area contributed by atoms with E-state index in [0.29, 0.717) is 11.5 Å². The standard InChI is InChI=1S/C13H22N4O2S2/c1-4-17(5-2)8-7-16-13-12(21(18,19)6-3)11(15)10(9-14)20-13/h16H,4-8,15H2,1-3H3. The van der Waals surface area contributed by atoms with Gasteiger partial charge in [-0.3, -0.25) is 0 Å². The predicted octanol–water partition coefficient (Wildman–Crippen LogP) is 1.75. The van der Waals surface area contributed by atoms with Crippen LogP contribution in [0.15, 0.2) is 4.90 Å². The van der Waals surface area contributed by atoms with Crippen molar-refractivity contribution in [2.75, 3.05) is 43.0 Å². The van der Waals surface area contributed by atoms with Crippen LogP contribution < -0.4 is 11.1 Å². The van der Waals surface area contributed by atoms with Crippen LogP contribution in [0, 0.1) is 11.3 Å². The smallest absolute Gasteiger partial charge is 0.183 e. The SMILES string of the molecule is CCN(CC)CCNc1sc(C#N)c(N)c1S(=O)(=O)CC. The first-order valence-corrected chi connectivity index (χ1v) is 9.39. The first kappa shape index (κ1) is 17.8. The summed E-state index contributed by atoms with van der Waals surface area (Å²) in [6, 6.07) is 1.95. The second-order valence-electron chi connectivity index (χ2n) is 4.47. The maximum absolute atomic E-state index is 12.1. The lowest BCUT2D eigenvalue weighted by Gasteiger charge is -2.18. The molecule has 21 heavy (non-hydrogen) atoms. The fourth-order valence-corrected chi connectivity index (χ4v) is 4.44. The third-order valence-corrected chi connectivity index (χ3v) is 6.30. The minimum Gasteiger partial charge on any atom is -0.396 e. The maximum Gasteiger partial charge on any atom is 0.183 e. The van der Waals surface area contributed by atoms with Gasteiger partial charge in [0.25, 0.3) is 0 Å². The van der Waals surface area contributed by atoms with Crippen LogP contribution in [-0.2, 0) is 9.84 Å².